The van der Waals surface area contributed by atoms with E-state index in [2.05, 4.69) is 5.32 Å². The molecule has 4 nitrogen and oxygen atoms in total. The Labute approximate surface area is 140 Å². The number of nitrogens with one attached hydrogen (secondary N) is 1. The zero-order valence-electron chi connectivity index (χ0n) is 13.5. The van der Waals surface area contributed by atoms with Gasteiger partial charge in [-0.05, 0) is 25.0 Å². The van der Waals surface area contributed by atoms with Crippen LogP contribution in [0.5, 0.6) is 5.75 Å². The normalized spacial score (nSPS) is 15.7. The van der Waals surface area contributed by atoms with E-state index in [0.717, 1.165) is 16.4 Å². The second-order valence-corrected chi connectivity index (χ2v) is 7.28. The van der Waals surface area contributed by atoms with Crippen molar-refractivity contribution in [2.24, 2.45) is 0 Å². The average Bonchev–Trinajstić information content (AvgIpc) is 3.03. The number of thioether (sulfide) groups is 1. The molecule has 0 saturated heterocycles. The molecular formula is C18H23NO3S. The van der Waals surface area contributed by atoms with Crippen molar-refractivity contribution in [2.45, 2.75) is 37.4 Å². The van der Waals surface area contributed by atoms with Gasteiger partial charge in [-0.1, -0.05) is 31.4 Å². The molecule has 1 heterocycles. The number of carbonyl (C=O) groups excluding carboxylic acids is 1. The standard InChI is InChI=1S/C18H23NO3S/c1-21-15-9-5-6-13-12-16(22-17(13)15)18(20)19-10-11-23-14-7-3-2-4-8-14/h5-6,9,12,14H,2-4,7-8,10-11H2,1H3,(H,19,20). The molecule has 3 rings (SSSR count). The molecule has 1 aliphatic rings. The highest BCUT2D eigenvalue weighted by atomic mass is 32.2. The van der Waals surface area contributed by atoms with Crippen LogP contribution >= 0.6 is 11.8 Å². The van der Waals surface area contributed by atoms with Crippen LogP contribution in [-0.4, -0.2) is 30.6 Å². The summed E-state index contributed by atoms with van der Waals surface area (Å²) in [5.41, 5.74) is 0.622. The quantitative estimate of drug-likeness (QED) is 0.804. The van der Waals surface area contributed by atoms with Crippen LogP contribution < -0.4 is 10.1 Å². The van der Waals surface area contributed by atoms with E-state index in [1.807, 2.05) is 30.0 Å². The fourth-order valence-electron chi connectivity index (χ4n) is 3.02. The van der Waals surface area contributed by atoms with Crippen LogP contribution in [0.4, 0.5) is 0 Å². The third kappa shape index (κ3) is 4.02. The van der Waals surface area contributed by atoms with Gasteiger partial charge in [0.2, 0.25) is 0 Å². The number of para-hydroxylation sites is 1. The third-order valence-corrected chi connectivity index (χ3v) is 5.63. The number of hydrogen-bond donors (Lipinski definition) is 1. The van der Waals surface area contributed by atoms with Crippen LogP contribution in [0.25, 0.3) is 11.0 Å². The largest absolute Gasteiger partial charge is 0.493 e. The van der Waals surface area contributed by atoms with Gasteiger partial charge in [-0.15, -0.1) is 0 Å². The zero-order valence-corrected chi connectivity index (χ0v) is 14.3. The number of hydrogen-bond acceptors (Lipinski definition) is 4. The van der Waals surface area contributed by atoms with Crippen molar-refractivity contribution >= 4 is 28.6 Å². The predicted molar refractivity (Wildman–Crippen MR) is 94.4 cm³/mol. The molecule has 124 valence electrons. The van der Waals surface area contributed by atoms with Crippen LogP contribution in [0, 0.1) is 0 Å². The van der Waals surface area contributed by atoms with Crippen molar-refractivity contribution in [2.75, 3.05) is 19.4 Å². The van der Waals surface area contributed by atoms with Gasteiger partial charge in [0.25, 0.3) is 5.91 Å². The fourth-order valence-corrected chi connectivity index (χ4v) is 4.24. The SMILES string of the molecule is COc1cccc2cc(C(=O)NCCSC3CCCCC3)oc12. The minimum Gasteiger partial charge on any atom is -0.493 e. The Hall–Kier alpha value is -1.62. The molecule has 23 heavy (non-hydrogen) atoms. The van der Waals surface area contributed by atoms with Crippen molar-refractivity contribution in [1.29, 1.82) is 0 Å². The lowest BCUT2D eigenvalue weighted by Crippen LogP contribution is -2.26. The first kappa shape index (κ1) is 16.2. The van der Waals surface area contributed by atoms with E-state index in [1.165, 1.54) is 32.1 Å². The highest BCUT2D eigenvalue weighted by Crippen LogP contribution is 2.29. The van der Waals surface area contributed by atoms with E-state index >= 15 is 0 Å². The summed E-state index contributed by atoms with van der Waals surface area (Å²) in [4.78, 5) is 12.2. The van der Waals surface area contributed by atoms with Crippen molar-refractivity contribution < 1.29 is 13.9 Å². The first-order valence-electron chi connectivity index (χ1n) is 8.24. The number of benzene rings is 1. The van der Waals surface area contributed by atoms with E-state index in [4.69, 9.17) is 9.15 Å². The third-order valence-electron chi connectivity index (χ3n) is 4.25. The van der Waals surface area contributed by atoms with E-state index in [0.29, 0.717) is 23.6 Å². The van der Waals surface area contributed by atoms with E-state index in [-0.39, 0.29) is 5.91 Å². The number of furan rings is 1. The summed E-state index contributed by atoms with van der Waals surface area (Å²) in [5.74, 6) is 1.79. The fraction of sp³-hybridized carbons (Fsp3) is 0.500. The first-order valence-corrected chi connectivity index (χ1v) is 9.29. The summed E-state index contributed by atoms with van der Waals surface area (Å²) in [5, 5.41) is 4.60. The Bertz CT molecular complexity index is 661. The number of amides is 1. The Morgan fingerprint density at radius 3 is 2.96 bits per heavy atom. The minimum atomic E-state index is -0.160. The van der Waals surface area contributed by atoms with E-state index in [9.17, 15) is 4.79 Å². The highest BCUT2D eigenvalue weighted by Gasteiger charge is 2.16. The minimum absolute atomic E-state index is 0.160. The number of ether oxygens (including phenoxy) is 1. The van der Waals surface area contributed by atoms with Gasteiger partial charge in [0.05, 0.1) is 7.11 Å². The Balaban J connectivity index is 1.52. The van der Waals surface area contributed by atoms with E-state index in [1.54, 1.807) is 13.2 Å². The average molecular weight is 333 g/mol. The second-order valence-electron chi connectivity index (χ2n) is 5.88. The highest BCUT2D eigenvalue weighted by molar-refractivity contribution is 7.99. The maximum atomic E-state index is 12.2. The van der Waals surface area contributed by atoms with Crippen molar-refractivity contribution in [3.05, 3.63) is 30.0 Å². The number of rotatable bonds is 6. The molecule has 1 amide bonds. The number of fused-ring (bicyclic) bond motifs is 1. The van der Waals surface area contributed by atoms with Crippen LogP contribution in [0.1, 0.15) is 42.7 Å². The van der Waals surface area contributed by atoms with Gasteiger partial charge in [0.15, 0.2) is 17.1 Å². The van der Waals surface area contributed by atoms with Crippen LogP contribution in [-0.2, 0) is 0 Å². The second kappa shape index (κ2) is 7.77. The summed E-state index contributed by atoms with van der Waals surface area (Å²) in [6, 6.07) is 7.39. The smallest absolute Gasteiger partial charge is 0.287 e. The lowest BCUT2D eigenvalue weighted by Gasteiger charge is -2.20. The molecule has 0 unspecified atom stereocenters. The maximum absolute atomic E-state index is 12.2. The van der Waals surface area contributed by atoms with Gasteiger partial charge in [-0.2, -0.15) is 11.8 Å². The molecule has 0 bridgehead atoms. The summed E-state index contributed by atoms with van der Waals surface area (Å²) >= 11 is 1.98. The van der Waals surface area contributed by atoms with Gasteiger partial charge in [0.1, 0.15) is 0 Å². The Kier molecular flexibility index (Phi) is 5.49. The molecule has 1 N–H and O–H groups in total. The molecule has 1 aliphatic carbocycles. The summed E-state index contributed by atoms with van der Waals surface area (Å²) < 4.78 is 10.9. The number of methoxy groups -OCH3 is 1. The summed E-state index contributed by atoms with van der Waals surface area (Å²) in [6.45, 7) is 0.675. The van der Waals surface area contributed by atoms with Gasteiger partial charge in [0, 0.05) is 22.9 Å². The molecule has 0 aliphatic heterocycles. The van der Waals surface area contributed by atoms with Crippen LogP contribution in [0.3, 0.4) is 0 Å². The van der Waals surface area contributed by atoms with Crippen molar-refractivity contribution in [3.63, 3.8) is 0 Å². The molecule has 0 atom stereocenters. The molecule has 0 radical (unpaired) electrons. The van der Waals surface area contributed by atoms with Crippen LogP contribution in [0.2, 0.25) is 0 Å². The first-order chi connectivity index (χ1) is 11.3. The Morgan fingerprint density at radius 2 is 2.17 bits per heavy atom. The van der Waals surface area contributed by atoms with Crippen LogP contribution in [0.15, 0.2) is 28.7 Å². The predicted octanol–water partition coefficient (Wildman–Crippen LogP) is 4.24. The van der Waals surface area contributed by atoms with E-state index < -0.39 is 0 Å². The van der Waals surface area contributed by atoms with Gasteiger partial charge >= 0.3 is 0 Å². The monoisotopic (exact) mass is 333 g/mol. The van der Waals surface area contributed by atoms with Gasteiger partial charge < -0.3 is 14.5 Å². The lowest BCUT2D eigenvalue weighted by atomic mass is 10.0. The number of carbonyl (C=O) groups is 1. The molecular weight excluding hydrogens is 310 g/mol. The summed E-state index contributed by atoms with van der Waals surface area (Å²) in [6.07, 6.45) is 6.73. The molecule has 5 heteroatoms. The van der Waals surface area contributed by atoms with Gasteiger partial charge in [-0.25, -0.2) is 0 Å². The topological polar surface area (TPSA) is 51.5 Å². The van der Waals surface area contributed by atoms with Gasteiger partial charge in [-0.3, -0.25) is 4.79 Å². The molecule has 0 spiro atoms. The van der Waals surface area contributed by atoms with Crippen molar-refractivity contribution in [3.8, 4) is 5.75 Å². The molecule has 1 fully saturated rings. The zero-order chi connectivity index (χ0) is 16.1. The molecule has 1 saturated carbocycles. The maximum Gasteiger partial charge on any atom is 0.287 e. The summed E-state index contributed by atoms with van der Waals surface area (Å²) in [7, 11) is 1.60. The molecule has 2 aromatic rings. The Morgan fingerprint density at radius 1 is 1.35 bits per heavy atom. The molecule has 1 aromatic heterocycles. The molecule has 1 aromatic carbocycles. The lowest BCUT2D eigenvalue weighted by molar-refractivity contribution is 0.0930. The van der Waals surface area contributed by atoms with Crippen molar-refractivity contribution in [1.82, 2.24) is 5.32 Å².